The highest BCUT2D eigenvalue weighted by Crippen LogP contribution is 2.73. The van der Waals surface area contributed by atoms with Crippen LogP contribution in [0.25, 0.3) is 0 Å². The monoisotopic (exact) mass is 434 g/mol. The van der Waals surface area contributed by atoms with Gasteiger partial charge in [-0.3, -0.25) is 4.79 Å². The van der Waals surface area contributed by atoms with Gasteiger partial charge in [-0.05, 0) is 81.0 Å². The molecule has 0 unspecified atom stereocenters. The largest absolute Gasteiger partial charge is 0.467 e. The van der Waals surface area contributed by atoms with Crippen molar-refractivity contribution < 1.29 is 23.9 Å². The molecule has 6 atom stereocenters. The summed E-state index contributed by atoms with van der Waals surface area (Å²) in [4.78, 5) is 41.0. The number of likely N-dealkylation sites (tertiary alicyclic amines) is 1. The third-order valence-corrected chi connectivity index (χ3v) is 8.08. The highest BCUT2D eigenvalue weighted by Gasteiger charge is 2.70. The standard InChI is InChI=1S/C24H38N2O5/c1-22(2,3)18(25-21(29)31-23(4,5)6)19(27)26-12-14-13-10-15(24(11-13)8-9-24)16(14)17(26)20(28)30-7/h13-18H,8-12H2,1-7H3,(H,25,29)/t13-,14+,15-,16+,17-,18+/m0/s1. The van der Waals surface area contributed by atoms with E-state index in [-0.39, 0.29) is 17.8 Å². The van der Waals surface area contributed by atoms with Crippen molar-refractivity contribution in [2.45, 2.75) is 84.9 Å². The molecule has 3 aliphatic carbocycles. The number of amides is 2. The van der Waals surface area contributed by atoms with E-state index in [0.717, 1.165) is 0 Å². The number of nitrogens with zero attached hydrogens (tertiary/aromatic N) is 1. The lowest BCUT2D eigenvalue weighted by Gasteiger charge is -2.37. The number of alkyl carbamates (subject to hydrolysis) is 1. The molecule has 0 aromatic rings. The second kappa shape index (κ2) is 7.11. The molecule has 0 radical (unpaired) electrons. The molecule has 2 bridgehead atoms. The van der Waals surface area contributed by atoms with Crippen LogP contribution in [0.3, 0.4) is 0 Å². The first-order valence-corrected chi connectivity index (χ1v) is 11.7. The first-order chi connectivity index (χ1) is 14.3. The van der Waals surface area contributed by atoms with Crippen LogP contribution in [0.2, 0.25) is 0 Å². The van der Waals surface area contributed by atoms with Crippen molar-refractivity contribution in [3.63, 3.8) is 0 Å². The maximum atomic E-state index is 13.8. The number of hydrogen-bond donors (Lipinski definition) is 1. The summed E-state index contributed by atoms with van der Waals surface area (Å²) >= 11 is 0. The number of nitrogens with one attached hydrogen (secondary N) is 1. The predicted molar refractivity (Wildman–Crippen MR) is 115 cm³/mol. The molecule has 0 aromatic heterocycles. The van der Waals surface area contributed by atoms with Gasteiger partial charge in [0.1, 0.15) is 17.7 Å². The number of hydrogen-bond acceptors (Lipinski definition) is 5. The highest BCUT2D eigenvalue weighted by molar-refractivity contribution is 5.91. The lowest BCUT2D eigenvalue weighted by Crippen LogP contribution is -2.58. The minimum atomic E-state index is -0.791. The van der Waals surface area contributed by atoms with E-state index in [1.165, 1.54) is 32.8 Å². The summed E-state index contributed by atoms with van der Waals surface area (Å²) in [7, 11) is 1.40. The quantitative estimate of drug-likeness (QED) is 0.689. The van der Waals surface area contributed by atoms with Crippen LogP contribution in [-0.4, -0.2) is 54.2 Å². The van der Waals surface area contributed by atoms with Gasteiger partial charge in [-0.25, -0.2) is 9.59 Å². The van der Waals surface area contributed by atoms with Gasteiger partial charge in [-0.15, -0.1) is 0 Å². The molecule has 1 N–H and O–H groups in total. The SMILES string of the molecule is COC(=O)[C@@H]1[C@@H]2[C@H](CN1C(=O)[C@@H](NC(=O)OC(C)(C)C)C(C)(C)C)[C@H]1C[C@@H]2C2(CC2)C1. The van der Waals surface area contributed by atoms with Crippen LogP contribution in [0.5, 0.6) is 0 Å². The second-order valence-corrected chi connectivity index (χ2v) is 12.3. The van der Waals surface area contributed by atoms with E-state index in [1.807, 2.05) is 20.8 Å². The Morgan fingerprint density at radius 3 is 2.26 bits per heavy atom. The van der Waals surface area contributed by atoms with Gasteiger partial charge in [-0.1, -0.05) is 20.8 Å². The molecule has 1 heterocycles. The predicted octanol–water partition coefficient (Wildman–Crippen LogP) is 3.36. The van der Waals surface area contributed by atoms with Crippen molar-refractivity contribution >= 4 is 18.0 Å². The third kappa shape index (κ3) is 3.82. The van der Waals surface area contributed by atoms with Crippen LogP contribution >= 0.6 is 0 Å². The van der Waals surface area contributed by atoms with Crippen LogP contribution in [0, 0.1) is 34.5 Å². The van der Waals surface area contributed by atoms with E-state index in [1.54, 1.807) is 25.7 Å². The maximum Gasteiger partial charge on any atom is 0.408 e. The average molecular weight is 435 g/mol. The molecule has 7 nitrogen and oxygen atoms in total. The van der Waals surface area contributed by atoms with Crippen molar-refractivity contribution in [2.75, 3.05) is 13.7 Å². The van der Waals surface area contributed by atoms with Crippen molar-refractivity contribution in [1.29, 1.82) is 0 Å². The smallest absolute Gasteiger partial charge is 0.408 e. The lowest BCUT2D eigenvalue weighted by molar-refractivity contribution is -0.154. The Morgan fingerprint density at radius 1 is 1.10 bits per heavy atom. The molecule has 1 spiro atoms. The molecule has 4 rings (SSSR count). The molecule has 174 valence electrons. The fourth-order valence-corrected chi connectivity index (χ4v) is 6.72. The molecule has 4 aliphatic rings. The van der Waals surface area contributed by atoms with Crippen molar-refractivity contribution in [2.24, 2.45) is 34.5 Å². The van der Waals surface area contributed by atoms with Crippen molar-refractivity contribution in [1.82, 2.24) is 10.2 Å². The minimum Gasteiger partial charge on any atom is -0.467 e. The molecule has 4 fully saturated rings. The fraction of sp³-hybridized carbons (Fsp3) is 0.875. The molecule has 2 amide bonds. The van der Waals surface area contributed by atoms with Crippen LogP contribution in [0.1, 0.15) is 67.2 Å². The fourth-order valence-electron chi connectivity index (χ4n) is 6.72. The van der Waals surface area contributed by atoms with Crippen LogP contribution in [-0.2, 0) is 19.1 Å². The van der Waals surface area contributed by atoms with E-state index < -0.39 is 29.2 Å². The molecule has 1 aliphatic heterocycles. The molecule has 1 saturated heterocycles. The van der Waals surface area contributed by atoms with E-state index in [9.17, 15) is 14.4 Å². The van der Waals surface area contributed by atoms with Crippen LogP contribution in [0.15, 0.2) is 0 Å². The molecule has 31 heavy (non-hydrogen) atoms. The lowest BCUT2D eigenvalue weighted by atomic mass is 9.71. The van der Waals surface area contributed by atoms with Crippen molar-refractivity contribution in [3.05, 3.63) is 0 Å². The van der Waals surface area contributed by atoms with E-state index >= 15 is 0 Å². The first-order valence-electron chi connectivity index (χ1n) is 11.7. The minimum absolute atomic E-state index is 0.180. The maximum absolute atomic E-state index is 13.8. The third-order valence-electron chi connectivity index (χ3n) is 8.08. The molecular formula is C24H38N2O5. The van der Waals surface area contributed by atoms with E-state index in [0.29, 0.717) is 29.7 Å². The van der Waals surface area contributed by atoms with Gasteiger partial charge in [0.2, 0.25) is 5.91 Å². The summed E-state index contributed by atoms with van der Waals surface area (Å²) in [5, 5.41) is 2.80. The van der Waals surface area contributed by atoms with Gasteiger partial charge < -0.3 is 19.7 Å². The van der Waals surface area contributed by atoms with Gasteiger partial charge in [0.05, 0.1) is 7.11 Å². The summed E-state index contributed by atoms with van der Waals surface area (Å²) in [5.74, 6) is 1.10. The van der Waals surface area contributed by atoms with Gasteiger partial charge in [0, 0.05) is 6.54 Å². The van der Waals surface area contributed by atoms with Gasteiger partial charge in [0.25, 0.3) is 0 Å². The van der Waals surface area contributed by atoms with Crippen LogP contribution in [0.4, 0.5) is 4.79 Å². The van der Waals surface area contributed by atoms with Gasteiger partial charge in [0.15, 0.2) is 0 Å². The normalized spacial score (nSPS) is 33.8. The number of carbonyl (C=O) groups is 3. The second-order valence-electron chi connectivity index (χ2n) is 12.3. The average Bonchev–Trinajstić information content (AvgIpc) is 2.98. The Kier molecular flexibility index (Phi) is 5.14. The van der Waals surface area contributed by atoms with Gasteiger partial charge >= 0.3 is 12.1 Å². The molecular weight excluding hydrogens is 396 g/mol. The number of rotatable bonds is 3. The summed E-state index contributed by atoms with van der Waals surface area (Å²) in [6, 6.07) is -1.35. The molecule has 7 heteroatoms. The number of carbonyl (C=O) groups excluding carboxylic acids is 3. The summed E-state index contributed by atoms with van der Waals surface area (Å²) < 4.78 is 10.6. The van der Waals surface area contributed by atoms with Crippen molar-refractivity contribution in [3.8, 4) is 0 Å². The number of ether oxygens (including phenoxy) is 2. The molecule has 3 saturated carbocycles. The number of esters is 1. The summed E-state index contributed by atoms with van der Waals surface area (Å²) in [6.45, 7) is 11.7. The van der Waals surface area contributed by atoms with E-state index in [4.69, 9.17) is 9.47 Å². The van der Waals surface area contributed by atoms with Crippen LogP contribution < -0.4 is 5.32 Å². The Bertz CT molecular complexity index is 776. The molecule has 0 aromatic carbocycles. The topological polar surface area (TPSA) is 84.9 Å². The zero-order valence-corrected chi connectivity index (χ0v) is 20.0. The Morgan fingerprint density at radius 2 is 1.74 bits per heavy atom. The zero-order valence-electron chi connectivity index (χ0n) is 20.0. The highest BCUT2D eigenvalue weighted by atomic mass is 16.6. The Balaban J connectivity index is 1.59. The van der Waals surface area contributed by atoms with Gasteiger partial charge in [-0.2, -0.15) is 0 Å². The number of fused-ring (bicyclic) bond motifs is 6. The summed E-state index contributed by atoms with van der Waals surface area (Å²) in [5.41, 5.74) is -0.787. The summed E-state index contributed by atoms with van der Waals surface area (Å²) in [6.07, 6.45) is 4.32. The Labute approximate surface area is 185 Å². The zero-order chi connectivity index (χ0) is 22.9. The van der Waals surface area contributed by atoms with E-state index in [2.05, 4.69) is 5.32 Å². The number of methoxy groups -OCH3 is 1. The Hall–Kier alpha value is -1.79. The first kappa shape index (κ1) is 22.4.